The Morgan fingerprint density at radius 2 is 1.62 bits per heavy atom. The van der Waals surface area contributed by atoms with Crippen LogP contribution in [0.3, 0.4) is 0 Å². The summed E-state index contributed by atoms with van der Waals surface area (Å²) in [6.45, 7) is 5.98. The first-order valence-corrected chi connectivity index (χ1v) is 7.38. The maximum absolute atomic E-state index is 11.8. The third-order valence-corrected chi connectivity index (χ3v) is 2.97. The summed E-state index contributed by atoms with van der Waals surface area (Å²) in [6, 6.07) is 6.54. The van der Waals surface area contributed by atoms with Crippen molar-refractivity contribution in [1.29, 1.82) is 0 Å². The number of nitrogens with two attached hydrogens (primary N) is 1. The molecule has 2 amide bonds. The molecule has 0 aliphatic rings. The fourth-order valence-corrected chi connectivity index (χ4v) is 1.90. The smallest absolute Gasteiger partial charge is 0.241 e. The first-order chi connectivity index (χ1) is 9.92. The van der Waals surface area contributed by atoms with Gasteiger partial charge in [0.05, 0.1) is 6.04 Å². The predicted octanol–water partition coefficient (Wildman–Crippen LogP) is 2.74. The SMILES string of the molecule is CCC[C@H](N)C(=O)Nc1ccc(NC(=O)CC(C)C)cc1. The monoisotopic (exact) mass is 291 g/mol. The van der Waals surface area contributed by atoms with E-state index in [1.807, 2.05) is 20.8 Å². The van der Waals surface area contributed by atoms with Crippen LogP contribution in [0.25, 0.3) is 0 Å². The van der Waals surface area contributed by atoms with Crippen molar-refractivity contribution in [3.05, 3.63) is 24.3 Å². The van der Waals surface area contributed by atoms with Gasteiger partial charge in [-0.15, -0.1) is 0 Å². The second kappa shape index (κ2) is 8.42. The minimum atomic E-state index is -0.486. The van der Waals surface area contributed by atoms with E-state index in [1.54, 1.807) is 24.3 Å². The second-order valence-corrected chi connectivity index (χ2v) is 5.61. The summed E-state index contributed by atoms with van der Waals surface area (Å²) in [5.74, 6) is 0.129. The predicted molar refractivity (Wildman–Crippen MR) is 86.0 cm³/mol. The minimum Gasteiger partial charge on any atom is -0.326 e. The fraction of sp³-hybridized carbons (Fsp3) is 0.500. The number of hydrogen-bond acceptors (Lipinski definition) is 3. The van der Waals surface area contributed by atoms with Crippen LogP contribution >= 0.6 is 0 Å². The van der Waals surface area contributed by atoms with Crippen LogP contribution in [0, 0.1) is 5.92 Å². The zero-order valence-corrected chi connectivity index (χ0v) is 13.0. The van der Waals surface area contributed by atoms with Crippen LogP contribution in [0.1, 0.15) is 40.0 Å². The lowest BCUT2D eigenvalue weighted by atomic mass is 10.1. The number of hydrogen-bond donors (Lipinski definition) is 3. The van der Waals surface area contributed by atoms with Gasteiger partial charge in [0.1, 0.15) is 0 Å². The van der Waals surface area contributed by atoms with Crippen LogP contribution in [0.4, 0.5) is 11.4 Å². The maximum Gasteiger partial charge on any atom is 0.241 e. The Morgan fingerprint density at radius 3 is 2.10 bits per heavy atom. The van der Waals surface area contributed by atoms with Gasteiger partial charge < -0.3 is 16.4 Å². The van der Waals surface area contributed by atoms with Gasteiger partial charge >= 0.3 is 0 Å². The Bertz CT molecular complexity index is 469. The lowest BCUT2D eigenvalue weighted by Crippen LogP contribution is -2.35. The molecule has 0 spiro atoms. The molecule has 5 heteroatoms. The van der Waals surface area contributed by atoms with Crippen molar-refractivity contribution >= 4 is 23.2 Å². The highest BCUT2D eigenvalue weighted by atomic mass is 16.2. The summed E-state index contributed by atoms with van der Waals surface area (Å²) in [6.07, 6.45) is 2.02. The average Bonchev–Trinajstić information content (AvgIpc) is 2.40. The summed E-state index contributed by atoms with van der Waals surface area (Å²) in [4.78, 5) is 23.4. The van der Waals surface area contributed by atoms with Gasteiger partial charge in [-0.05, 0) is 36.6 Å². The summed E-state index contributed by atoms with van der Waals surface area (Å²) in [7, 11) is 0. The molecule has 116 valence electrons. The van der Waals surface area contributed by atoms with Gasteiger partial charge in [-0.1, -0.05) is 27.2 Å². The van der Waals surface area contributed by atoms with E-state index in [0.717, 1.165) is 12.1 Å². The molecule has 0 heterocycles. The molecule has 1 rings (SSSR count). The van der Waals surface area contributed by atoms with E-state index in [4.69, 9.17) is 5.73 Å². The molecule has 1 aromatic carbocycles. The molecule has 0 fully saturated rings. The number of carbonyl (C=O) groups is 2. The third kappa shape index (κ3) is 6.40. The van der Waals surface area contributed by atoms with Gasteiger partial charge in [0, 0.05) is 17.8 Å². The van der Waals surface area contributed by atoms with Crippen LogP contribution < -0.4 is 16.4 Å². The number of nitrogens with one attached hydrogen (secondary N) is 2. The lowest BCUT2D eigenvalue weighted by molar-refractivity contribution is -0.118. The summed E-state index contributed by atoms with van der Waals surface area (Å²) >= 11 is 0. The van der Waals surface area contributed by atoms with Crippen molar-refractivity contribution in [2.24, 2.45) is 11.7 Å². The van der Waals surface area contributed by atoms with Gasteiger partial charge in [-0.2, -0.15) is 0 Å². The van der Waals surface area contributed by atoms with E-state index >= 15 is 0 Å². The maximum atomic E-state index is 11.8. The number of rotatable bonds is 7. The topological polar surface area (TPSA) is 84.2 Å². The molecule has 0 radical (unpaired) electrons. The van der Waals surface area contributed by atoms with E-state index < -0.39 is 6.04 Å². The summed E-state index contributed by atoms with van der Waals surface area (Å²) in [5, 5.41) is 5.58. The van der Waals surface area contributed by atoms with Gasteiger partial charge in [-0.3, -0.25) is 9.59 Å². The number of carbonyl (C=O) groups excluding carboxylic acids is 2. The van der Waals surface area contributed by atoms with Crippen LogP contribution in [0.15, 0.2) is 24.3 Å². The Kier molecular flexibility index (Phi) is 6.88. The molecule has 1 aromatic rings. The molecule has 21 heavy (non-hydrogen) atoms. The van der Waals surface area contributed by atoms with Gasteiger partial charge in [0.25, 0.3) is 0 Å². The molecule has 4 N–H and O–H groups in total. The van der Waals surface area contributed by atoms with Crippen LogP contribution in [0.2, 0.25) is 0 Å². The van der Waals surface area contributed by atoms with E-state index in [-0.39, 0.29) is 11.8 Å². The Balaban J connectivity index is 2.54. The highest BCUT2D eigenvalue weighted by Crippen LogP contribution is 2.15. The van der Waals surface area contributed by atoms with Crippen molar-refractivity contribution in [3.8, 4) is 0 Å². The molecule has 0 unspecified atom stereocenters. The quantitative estimate of drug-likeness (QED) is 0.722. The van der Waals surface area contributed by atoms with Crippen LogP contribution in [0.5, 0.6) is 0 Å². The van der Waals surface area contributed by atoms with Gasteiger partial charge in [0.15, 0.2) is 0 Å². The first kappa shape index (κ1) is 17.2. The van der Waals surface area contributed by atoms with Crippen molar-refractivity contribution in [2.45, 2.75) is 46.1 Å². The highest BCUT2D eigenvalue weighted by molar-refractivity contribution is 5.95. The summed E-state index contributed by atoms with van der Waals surface area (Å²) < 4.78 is 0. The number of amides is 2. The molecule has 1 atom stereocenters. The van der Waals surface area contributed by atoms with E-state index in [0.29, 0.717) is 24.4 Å². The van der Waals surface area contributed by atoms with Gasteiger partial charge in [-0.25, -0.2) is 0 Å². The molecule has 0 saturated carbocycles. The Labute approximate surface area is 126 Å². The fourth-order valence-electron chi connectivity index (χ4n) is 1.90. The Morgan fingerprint density at radius 1 is 1.10 bits per heavy atom. The van der Waals surface area contributed by atoms with E-state index in [1.165, 1.54) is 0 Å². The van der Waals surface area contributed by atoms with Crippen molar-refractivity contribution in [3.63, 3.8) is 0 Å². The number of benzene rings is 1. The van der Waals surface area contributed by atoms with E-state index in [2.05, 4.69) is 10.6 Å². The normalized spacial score (nSPS) is 12.0. The standard InChI is InChI=1S/C16H25N3O2/c1-4-5-14(17)16(21)19-13-8-6-12(7-9-13)18-15(20)10-11(2)3/h6-9,11,14H,4-5,10,17H2,1-3H3,(H,18,20)(H,19,21)/t14-/m0/s1. The molecule has 0 aromatic heterocycles. The third-order valence-electron chi connectivity index (χ3n) is 2.97. The molecule has 0 saturated heterocycles. The minimum absolute atomic E-state index is 0.00764. The first-order valence-electron chi connectivity index (χ1n) is 7.38. The average molecular weight is 291 g/mol. The Hall–Kier alpha value is -1.88. The van der Waals surface area contributed by atoms with Gasteiger partial charge in [0.2, 0.25) is 11.8 Å². The molecule has 0 aliphatic carbocycles. The zero-order valence-electron chi connectivity index (χ0n) is 13.0. The van der Waals surface area contributed by atoms with Crippen LogP contribution in [-0.2, 0) is 9.59 Å². The van der Waals surface area contributed by atoms with E-state index in [9.17, 15) is 9.59 Å². The molecular weight excluding hydrogens is 266 g/mol. The molecule has 0 aliphatic heterocycles. The second-order valence-electron chi connectivity index (χ2n) is 5.61. The molecule has 5 nitrogen and oxygen atoms in total. The molecule has 0 bridgehead atoms. The lowest BCUT2D eigenvalue weighted by Gasteiger charge is -2.12. The largest absolute Gasteiger partial charge is 0.326 e. The highest BCUT2D eigenvalue weighted by Gasteiger charge is 2.12. The van der Waals surface area contributed by atoms with Crippen molar-refractivity contribution in [2.75, 3.05) is 10.6 Å². The van der Waals surface area contributed by atoms with Crippen molar-refractivity contribution < 1.29 is 9.59 Å². The summed E-state index contributed by atoms with van der Waals surface area (Å²) in [5.41, 5.74) is 7.14. The molecular formula is C16H25N3O2. The van der Waals surface area contributed by atoms with Crippen LogP contribution in [-0.4, -0.2) is 17.9 Å². The number of anilines is 2. The van der Waals surface area contributed by atoms with Crippen molar-refractivity contribution in [1.82, 2.24) is 0 Å². The zero-order chi connectivity index (χ0) is 15.8.